The average molecular weight is 377 g/mol. The molecule has 0 fully saturated rings. The van der Waals surface area contributed by atoms with Gasteiger partial charge in [0.15, 0.2) is 11.5 Å². The summed E-state index contributed by atoms with van der Waals surface area (Å²) in [6.07, 6.45) is 0.244. The highest BCUT2D eigenvalue weighted by Gasteiger charge is 2.12. The van der Waals surface area contributed by atoms with Crippen LogP contribution in [0.5, 0.6) is 23.0 Å². The number of para-hydroxylation sites is 1. The third-order valence-electron chi connectivity index (χ3n) is 4.31. The van der Waals surface area contributed by atoms with Crippen LogP contribution < -0.4 is 19.5 Å². The summed E-state index contributed by atoms with van der Waals surface area (Å²) in [6.45, 7) is 1.94. The number of rotatable bonds is 7. The third-order valence-corrected chi connectivity index (χ3v) is 4.31. The predicted molar refractivity (Wildman–Crippen MR) is 110 cm³/mol. The summed E-state index contributed by atoms with van der Waals surface area (Å²) < 4.78 is 16.4. The smallest absolute Gasteiger partial charge is 0.228 e. The van der Waals surface area contributed by atoms with Crippen molar-refractivity contribution in [2.24, 2.45) is 0 Å². The lowest BCUT2D eigenvalue weighted by atomic mass is 10.0. The highest BCUT2D eigenvalue weighted by Crippen LogP contribution is 2.30. The molecule has 144 valence electrons. The van der Waals surface area contributed by atoms with E-state index in [-0.39, 0.29) is 12.3 Å². The fourth-order valence-corrected chi connectivity index (χ4v) is 2.82. The fourth-order valence-electron chi connectivity index (χ4n) is 2.82. The quantitative estimate of drug-likeness (QED) is 0.630. The summed E-state index contributed by atoms with van der Waals surface area (Å²) in [5.41, 5.74) is 2.57. The summed E-state index contributed by atoms with van der Waals surface area (Å²) in [5, 5.41) is 2.91. The van der Waals surface area contributed by atoms with Crippen molar-refractivity contribution in [1.82, 2.24) is 0 Å². The van der Waals surface area contributed by atoms with E-state index >= 15 is 0 Å². The molecule has 0 unspecified atom stereocenters. The zero-order chi connectivity index (χ0) is 19.9. The minimum atomic E-state index is -0.105. The number of methoxy groups -OCH3 is 2. The number of benzene rings is 3. The number of carbonyl (C=O) groups is 1. The van der Waals surface area contributed by atoms with Gasteiger partial charge in [-0.25, -0.2) is 0 Å². The minimum absolute atomic E-state index is 0.105. The van der Waals surface area contributed by atoms with E-state index in [9.17, 15) is 4.79 Å². The molecule has 3 aromatic carbocycles. The number of hydrogen-bond acceptors (Lipinski definition) is 4. The van der Waals surface area contributed by atoms with Gasteiger partial charge in [-0.05, 0) is 66.6 Å². The largest absolute Gasteiger partial charge is 0.493 e. The summed E-state index contributed by atoms with van der Waals surface area (Å²) >= 11 is 0. The van der Waals surface area contributed by atoms with Crippen LogP contribution in [0.1, 0.15) is 11.1 Å². The van der Waals surface area contributed by atoms with Crippen LogP contribution in [0.3, 0.4) is 0 Å². The molecular weight excluding hydrogens is 354 g/mol. The van der Waals surface area contributed by atoms with Crippen molar-refractivity contribution in [1.29, 1.82) is 0 Å². The van der Waals surface area contributed by atoms with Crippen LogP contribution in [0.25, 0.3) is 0 Å². The molecule has 5 heteroatoms. The number of aryl methyl sites for hydroxylation is 1. The first-order chi connectivity index (χ1) is 13.6. The van der Waals surface area contributed by atoms with Crippen molar-refractivity contribution < 1.29 is 19.0 Å². The number of carbonyl (C=O) groups excluding carboxylic acids is 1. The van der Waals surface area contributed by atoms with E-state index in [1.54, 1.807) is 14.2 Å². The maximum atomic E-state index is 12.4. The molecule has 0 spiro atoms. The van der Waals surface area contributed by atoms with Crippen LogP contribution in [-0.4, -0.2) is 20.1 Å². The molecule has 0 saturated heterocycles. The standard InChI is InChI=1S/C23H23NO4/c1-16-13-21(26-2)22(27-3)14-17(16)15-23(25)24-18-9-11-20(12-10-18)28-19-7-5-4-6-8-19/h4-14H,15H2,1-3H3,(H,24,25). The second-order valence-electron chi connectivity index (χ2n) is 6.30. The molecule has 0 saturated carbocycles. The maximum Gasteiger partial charge on any atom is 0.228 e. The Hall–Kier alpha value is -3.47. The molecule has 1 N–H and O–H groups in total. The van der Waals surface area contributed by atoms with Crippen molar-refractivity contribution in [2.75, 3.05) is 19.5 Å². The lowest BCUT2D eigenvalue weighted by Crippen LogP contribution is -2.15. The van der Waals surface area contributed by atoms with Crippen molar-refractivity contribution in [3.63, 3.8) is 0 Å². The van der Waals surface area contributed by atoms with Gasteiger partial charge in [0, 0.05) is 5.69 Å². The molecule has 28 heavy (non-hydrogen) atoms. The Morgan fingerprint density at radius 3 is 2.11 bits per heavy atom. The molecule has 0 aromatic heterocycles. The van der Waals surface area contributed by atoms with Crippen LogP contribution in [0.4, 0.5) is 5.69 Å². The number of anilines is 1. The molecule has 0 radical (unpaired) electrons. The van der Waals surface area contributed by atoms with Crippen molar-refractivity contribution in [3.8, 4) is 23.0 Å². The summed E-state index contributed by atoms with van der Waals surface area (Å²) in [4.78, 5) is 12.4. The summed E-state index contributed by atoms with van der Waals surface area (Å²) in [5.74, 6) is 2.63. The van der Waals surface area contributed by atoms with Gasteiger partial charge in [0.1, 0.15) is 11.5 Å². The zero-order valence-electron chi connectivity index (χ0n) is 16.2. The van der Waals surface area contributed by atoms with Crippen molar-refractivity contribution >= 4 is 11.6 Å². The molecule has 3 rings (SSSR count). The summed E-state index contributed by atoms with van der Waals surface area (Å²) in [6, 6.07) is 20.5. The van der Waals surface area contributed by atoms with Crippen molar-refractivity contribution in [2.45, 2.75) is 13.3 Å². The molecule has 0 aliphatic rings. The molecule has 0 aliphatic heterocycles. The molecule has 0 aliphatic carbocycles. The first kappa shape index (κ1) is 19.3. The van der Waals surface area contributed by atoms with Gasteiger partial charge < -0.3 is 19.5 Å². The van der Waals surface area contributed by atoms with Crippen LogP contribution >= 0.6 is 0 Å². The van der Waals surface area contributed by atoms with E-state index in [1.807, 2.05) is 73.7 Å². The monoisotopic (exact) mass is 377 g/mol. The first-order valence-corrected chi connectivity index (χ1v) is 8.93. The van der Waals surface area contributed by atoms with Gasteiger partial charge in [0.25, 0.3) is 0 Å². The molecule has 3 aromatic rings. The highest BCUT2D eigenvalue weighted by atomic mass is 16.5. The molecule has 5 nitrogen and oxygen atoms in total. The van der Waals surface area contributed by atoms with Crippen LogP contribution in [0.2, 0.25) is 0 Å². The lowest BCUT2D eigenvalue weighted by molar-refractivity contribution is -0.115. The first-order valence-electron chi connectivity index (χ1n) is 8.93. The van der Waals surface area contributed by atoms with E-state index in [1.165, 1.54) is 0 Å². The topological polar surface area (TPSA) is 56.8 Å². The molecule has 0 bridgehead atoms. The minimum Gasteiger partial charge on any atom is -0.493 e. The van der Waals surface area contributed by atoms with Crippen LogP contribution in [0, 0.1) is 6.92 Å². The Kier molecular flexibility index (Phi) is 6.17. The Bertz CT molecular complexity index is 937. The van der Waals surface area contributed by atoms with Gasteiger partial charge in [0.05, 0.1) is 20.6 Å². The Labute approximate surface area is 164 Å². The van der Waals surface area contributed by atoms with Crippen LogP contribution in [0.15, 0.2) is 66.7 Å². The Balaban J connectivity index is 1.63. The zero-order valence-corrected chi connectivity index (χ0v) is 16.2. The maximum absolute atomic E-state index is 12.4. The Morgan fingerprint density at radius 2 is 1.46 bits per heavy atom. The molecule has 1 amide bonds. The van der Waals surface area contributed by atoms with E-state index in [0.29, 0.717) is 22.9 Å². The van der Waals surface area contributed by atoms with E-state index in [0.717, 1.165) is 16.9 Å². The molecular formula is C23H23NO4. The van der Waals surface area contributed by atoms with Gasteiger partial charge >= 0.3 is 0 Å². The predicted octanol–water partition coefficient (Wildman–Crippen LogP) is 4.99. The second kappa shape index (κ2) is 8.95. The van der Waals surface area contributed by atoms with Gasteiger partial charge in [-0.3, -0.25) is 4.79 Å². The van der Waals surface area contributed by atoms with E-state index in [2.05, 4.69) is 5.32 Å². The summed E-state index contributed by atoms with van der Waals surface area (Å²) in [7, 11) is 3.17. The van der Waals surface area contributed by atoms with Gasteiger partial charge in [-0.1, -0.05) is 18.2 Å². The number of hydrogen-bond donors (Lipinski definition) is 1. The fraction of sp³-hybridized carbons (Fsp3) is 0.174. The van der Waals surface area contributed by atoms with Gasteiger partial charge in [0.2, 0.25) is 5.91 Å². The van der Waals surface area contributed by atoms with Crippen LogP contribution in [-0.2, 0) is 11.2 Å². The van der Waals surface area contributed by atoms with Gasteiger partial charge in [-0.15, -0.1) is 0 Å². The molecule has 0 atom stereocenters. The SMILES string of the molecule is COc1cc(C)c(CC(=O)Nc2ccc(Oc3ccccc3)cc2)cc1OC. The Morgan fingerprint density at radius 1 is 0.857 bits per heavy atom. The normalized spacial score (nSPS) is 10.2. The third kappa shape index (κ3) is 4.82. The molecule has 0 heterocycles. The number of ether oxygens (including phenoxy) is 3. The average Bonchev–Trinajstić information content (AvgIpc) is 2.71. The lowest BCUT2D eigenvalue weighted by Gasteiger charge is -2.13. The second-order valence-corrected chi connectivity index (χ2v) is 6.30. The number of nitrogens with one attached hydrogen (secondary N) is 1. The highest BCUT2D eigenvalue weighted by molar-refractivity contribution is 5.92. The van der Waals surface area contributed by atoms with Gasteiger partial charge in [-0.2, -0.15) is 0 Å². The van der Waals surface area contributed by atoms with E-state index < -0.39 is 0 Å². The number of amides is 1. The van der Waals surface area contributed by atoms with Crippen molar-refractivity contribution in [3.05, 3.63) is 77.9 Å². The van der Waals surface area contributed by atoms with E-state index in [4.69, 9.17) is 14.2 Å².